The van der Waals surface area contributed by atoms with Crippen LogP contribution in [0.2, 0.25) is 0 Å². The lowest BCUT2D eigenvalue weighted by Gasteiger charge is -2.35. The minimum Gasteiger partial charge on any atom is -0.474 e. The fraction of sp³-hybridized carbons (Fsp3) is 0.394. The molecule has 5 rings (SSSR count). The van der Waals surface area contributed by atoms with E-state index in [4.69, 9.17) is 4.74 Å². The van der Waals surface area contributed by atoms with Crippen LogP contribution < -0.4 is 15.0 Å². The Hall–Kier alpha value is -3.87. The van der Waals surface area contributed by atoms with E-state index in [1.165, 1.54) is 42.6 Å². The molecule has 210 valence electrons. The van der Waals surface area contributed by atoms with Crippen molar-refractivity contribution in [2.24, 2.45) is 0 Å². The molecule has 0 aliphatic carbocycles. The normalized spacial score (nSPS) is 16.1. The van der Waals surface area contributed by atoms with Crippen LogP contribution in [-0.2, 0) is 11.2 Å². The number of carbonyl (C=O) groups is 1. The van der Waals surface area contributed by atoms with Gasteiger partial charge in [-0.2, -0.15) is 0 Å². The summed E-state index contributed by atoms with van der Waals surface area (Å²) >= 11 is 0. The minimum absolute atomic E-state index is 0.0570. The molecule has 1 N–H and O–H groups in total. The fourth-order valence-corrected chi connectivity index (χ4v) is 5.49. The molecule has 1 aromatic heterocycles. The topological polar surface area (TPSA) is 57.7 Å². The van der Waals surface area contributed by atoms with Gasteiger partial charge in [0.2, 0.25) is 11.8 Å². The Bertz CT molecular complexity index is 1310. The summed E-state index contributed by atoms with van der Waals surface area (Å²) in [6.45, 7) is 9.95. The molecule has 2 fully saturated rings. The van der Waals surface area contributed by atoms with Crippen LogP contribution in [0.25, 0.3) is 5.70 Å². The number of carbonyl (C=O) groups excluding carboxylic acids is 1. The number of nitrogens with zero attached hydrogens (tertiary/aromatic N) is 3. The second-order valence-electron chi connectivity index (χ2n) is 10.9. The van der Waals surface area contributed by atoms with Gasteiger partial charge in [0.15, 0.2) is 0 Å². The van der Waals surface area contributed by atoms with Gasteiger partial charge in [-0.05, 0) is 62.4 Å². The van der Waals surface area contributed by atoms with Gasteiger partial charge in [-0.3, -0.25) is 4.79 Å². The molecule has 6 nitrogen and oxygen atoms in total. The zero-order chi connectivity index (χ0) is 27.9. The minimum atomic E-state index is -0.355. The molecule has 3 heterocycles. The number of benzene rings is 2. The first-order chi connectivity index (χ1) is 19.4. The summed E-state index contributed by atoms with van der Waals surface area (Å²) in [4.78, 5) is 21.8. The van der Waals surface area contributed by atoms with Gasteiger partial charge in [-0.25, -0.2) is 9.37 Å². The maximum Gasteiger partial charge on any atom is 0.224 e. The van der Waals surface area contributed by atoms with Crippen LogP contribution in [0, 0.1) is 12.7 Å². The lowest BCUT2D eigenvalue weighted by atomic mass is 10.0. The summed E-state index contributed by atoms with van der Waals surface area (Å²) in [6, 6.07) is 16.7. The van der Waals surface area contributed by atoms with Crippen LogP contribution in [0.3, 0.4) is 0 Å². The highest BCUT2D eigenvalue weighted by molar-refractivity contribution is 5.94. The Kier molecular flexibility index (Phi) is 8.99. The lowest BCUT2D eigenvalue weighted by Crippen LogP contribution is -2.37. The standard InChI is InChI=1S/C33H39FN4O2/c1-24-6-8-26(9-7-24)10-13-32(39)36-31-12-11-27(34)22-30(31)25(2)37-20-15-29(16-21-37)40-33-23-28(14-17-35-33)38-18-4-3-5-19-38/h6-9,11-12,14,17,22-23,29H,2-5,10,13,15-16,18-21H2,1H3,(H,36,39). The number of aryl methyl sites for hydroxylation is 2. The molecule has 2 aliphatic heterocycles. The van der Waals surface area contributed by atoms with Gasteiger partial charge in [0, 0.05) is 74.7 Å². The Morgan fingerprint density at radius 3 is 2.52 bits per heavy atom. The van der Waals surface area contributed by atoms with Gasteiger partial charge < -0.3 is 19.9 Å². The average Bonchev–Trinajstić information content (AvgIpc) is 2.98. The highest BCUT2D eigenvalue weighted by Crippen LogP contribution is 2.30. The first-order valence-electron chi connectivity index (χ1n) is 14.4. The largest absolute Gasteiger partial charge is 0.474 e. The Labute approximate surface area is 236 Å². The van der Waals surface area contributed by atoms with Crippen molar-refractivity contribution in [2.75, 3.05) is 36.4 Å². The van der Waals surface area contributed by atoms with E-state index < -0.39 is 0 Å². The van der Waals surface area contributed by atoms with Crippen molar-refractivity contribution >= 4 is 23.0 Å². The van der Waals surface area contributed by atoms with Gasteiger partial charge in [0.25, 0.3) is 0 Å². The molecule has 7 heteroatoms. The number of halogens is 1. The number of ether oxygens (including phenoxy) is 1. The van der Waals surface area contributed by atoms with E-state index in [2.05, 4.69) is 38.8 Å². The van der Waals surface area contributed by atoms with Gasteiger partial charge in [-0.1, -0.05) is 36.4 Å². The molecule has 0 radical (unpaired) electrons. The summed E-state index contributed by atoms with van der Waals surface area (Å²) in [5.41, 5.74) is 5.38. The van der Waals surface area contributed by atoms with E-state index in [1.807, 2.05) is 37.4 Å². The van der Waals surface area contributed by atoms with Crippen molar-refractivity contribution in [3.8, 4) is 5.88 Å². The molecule has 2 saturated heterocycles. The molecule has 3 aromatic rings. The third-order valence-electron chi connectivity index (χ3n) is 7.88. The van der Waals surface area contributed by atoms with E-state index >= 15 is 0 Å². The summed E-state index contributed by atoms with van der Waals surface area (Å²) < 4.78 is 20.6. The maximum absolute atomic E-state index is 14.3. The van der Waals surface area contributed by atoms with Crippen molar-refractivity contribution in [3.63, 3.8) is 0 Å². The first kappa shape index (κ1) is 27.7. The number of piperidine rings is 2. The van der Waals surface area contributed by atoms with Crippen molar-refractivity contribution in [2.45, 2.75) is 58.0 Å². The number of pyridine rings is 1. The number of aromatic nitrogens is 1. The third kappa shape index (κ3) is 7.20. The quantitative estimate of drug-likeness (QED) is 0.330. The predicted octanol–water partition coefficient (Wildman–Crippen LogP) is 6.60. The monoisotopic (exact) mass is 542 g/mol. The number of hydrogen-bond acceptors (Lipinski definition) is 5. The SMILES string of the molecule is C=C(c1cc(F)ccc1NC(=O)CCc1ccc(C)cc1)N1CCC(Oc2cc(N3CCCCC3)ccn2)CC1. The zero-order valence-corrected chi connectivity index (χ0v) is 23.4. The highest BCUT2D eigenvalue weighted by Gasteiger charge is 2.24. The Morgan fingerprint density at radius 1 is 1.02 bits per heavy atom. The zero-order valence-electron chi connectivity index (χ0n) is 23.4. The molecule has 0 saturated carbocycles. The fourth-order valence-electron chi connectivity index (χ4n) is 5.49. The van der Waals surface area contributed by atoms with Crippen molar-refractivity contribution < 1.29 is 13.9 Å². The third-order valence-corrected chi connectivity index (χ3v) is 7.88. The Morgan fingerprint density at radius 2 is 1.77 bits per heavy atom. The maximum atomic E-state index is 14.3. The number of amides is 1. The van der Waals surface area contributed by atoms with E-state index in [0.717, 1.165) is 44.6 Å². The second kappa shape index (κ2) is 13.0. The van der Waals surface area contributed by atoms with E-state index in [-0.39, 0.29) is 17.8 Å². The summed E-state index contributed by atoms with van der Waals surface area (Å²) in [7, 11) is 0. The smallest absolute Gasteiger partial charge is 0.224 e. The number of likely N-dealkylation sites (tertiary alicyclic amines) is 1. The van der Waals surface area contributed by atoms with Crippen molar-refractivity contribution in [1.82, 2.24) is 9.88 Å². The molecule has 40 heavy (non-hydrogen) atoms. The van der Waals surface area contributed by atoms with E-state index in [1.54, 1.807) is 6.07 Å². The number of hydrogen-bond donors (Lipinski definition) is 1. The highest BCUT2D eigenvalue weighted by atomic mass is 19.1. The van der Waals surface area contributed by atoms with Gasteiger partial charge >= 0.3 is 0 Å². The van der Waals surface area contributed by atoms with Crippen molar-refractivity contribution in [3.05, 3.63) is 89.9 Å². The van der Waals surface area contributed by atoms with Gasteiger partial charge in [0.1, 0.15) is 11.9 Å². The van der Waals surface area contributed by atoms with Crippen LogP contribution >= 0.6 is 0 Å². The van der Waals surface area contributed by atoms with E-state index in [0.29, 0.717) is 35.7 Å². The summed E-state index contributed by atoms with van der Waals surface area (Å²) in [5, 5.41) is 2.98. The van der Waals surface area contributed by atoms with Crippen LogP contribution in [0.5, 0.6) is 5.88 Å². The molecule has 2 aromatic carbocycles. The molecule has 0 spiro atoms. The number of nitrogens with one attached hydrogen (secondary N) is 1. The summed E-state index contributed by atoms with van der Waals surface area (Å²) in [5.74, 6) is 0.209. The van der Waals surface area contributed by atoms with Gasteiger partial charge in [-0.15, -0.1) is 0 Å². The van der Waals surface area contributed by atoms with E-state index in [9.17, 15) is 9.18 Å². The predicted molar refractivity (Wildman–Crippen MR) is 159 cm³/mol. The summed E-state index contributed by atoms with van der Waals surface area (Å²) in [6.07, 6.45) is 8.25. The lowest BCUT2D eigenvalue weighted by molar-refractivity contribution is -0.116. The van der Waals surface area contributed by atoms with Gasteiger partial charge in [0.05, 0.1) is 5.69 Å². The first-order valence-corrected chi connectivity index (χ1v) is 14.4. The number of rotatable bonds is 9. The molecule has 0 unspecified atom stereocenters. The second-order valence-corrected chi connectivity index (χ2v) is 10.9. The molecule has 2 aliphatic rings. The molecule has 0 bridgehead atoms. The van der Waals surface area contributed by atoms with Crippen LogP contribution in [0.15, 0.2) is 67.4 Å². The molecular weight excluding hydrogens is 503 g/mol. The number of anilines is 2. The van der Waals surface area contributed by atoms with Crippen molar-refractivity contribution in [1.29, 1.82) is 0 Å². The molecule has 1 amide bonds. The average molecular weight is 543 g/mol. The van der Waals surface area contributed by atoms with Crippen LogP contribution in [-0.4, -0.2) is 48.1 Å². The van der Waals surface area contributed by atoms with Crippen LogP contribution in [0.1, 0.15) is 55.2 Å². The Balaban J connectivity index is 1.16. The molecule has 0 atom stereocenters. The van der Waals surface area contributed by atoms with Crippen LogP contribution in [0.4, 0.5) is 15.8 Å². The molecular formula is C33H39FN4O2.